The van der Waals surface area contributed by atoms with E-state index >= 15 is 0 Å². The first-order valence-corrected chi connectivity index (χ1v) is 5.78. The first kappa shape index (κ1) is 13.2. The maximum Gasteiger partial charge on any atom is 0.0942 e. The van der Waals surface area contributed by atoms with Crippen LogP contribution in [0.5, 0.6) is 0 Å². The zero-order chi connectivity index (χ0) is 12.0. The number of nitrogens with zero attached hydrogens (tertiary/aromatic N) is 1. The van der Waals surface area contributed by atoms with Crippen LogP contribution in [0.1, 0.15) is 25.5 Å². The lowest BCUT2D eigenvalue weighted by atomic mass is 10.0. The van der Waals surface area contributed by atoms with E-state index in [-0.39, 0.29) is 12.6 Å². The van der Waals surface area contributed by atoms with Gasteiger partial charge in [0, 0.05) is 12.6 Å². The Hall–Kier alpha value is -0.900. The van der Waals surface area contributed by atoms with Crippen molar-refractivity contribution in [2.24, 2.45) is 0 Å². The van der Waals surface area contributed by atoms with E-state index in [9.17, 15) is 5.11 Å². The minimum Gasteiger partial charge on any atom is -0.395 e. The Labute approximate surface area is 97.3 Å². The van der Waals surface area contributed by atoms with E-state index in [1.807, 2.05) is 44.2 Å². The summed E-state index contributed by atoms with van der Waals surface area (Å²) in [6, 6.07) is 9.65. The van der Waals surface area contributed by atoms with E-state index in [1.54, 1.807) is 0 Å². The molecule has 0 amide bonds. The lowest BCUT2D eigenvalue weighted by Crippen LogP contribution is -2.39. The van der Waals surface area contributed by atoms with Gasteiger partial charge in [-0.1, -0.05) is 37.3 Å². The second-order valence-corrected chi connectivity index (χ2v) is 3.95. The molecule has 0 bridgehead atoms. The molecule has 0 aliphatic carbocycles. The van der Waals surface area contributed by atoms with Gasteiger partial charge in [-0.2, -0.15) is 0 Å². The highest BCUT2D eigenvalue weighted by atomic mass is 16.3. The Morgan fingerprint density at radius 1 is 1.25 bits per heavy atom. The van der Waals surface area contributed by atoms with Gasteiger partial charge in [-0.15, -0.1) is 0 Å². The van der Waals surface area contributed by atoms with Crippen LogP contribution < -0.4 is 0 Å². The molecule has 0 heterocycles. The van der Waals surface area contributed by atoms with Gasteiger partial charge in [0.2, 0.25) is 0 Å². The second kappa shape index (κ2) is 6.63. The number of hydrogen-bond acceptors (Lipinski definition) is 3. The maximum atomic E-state index is 10.2. The summed E-state index contributed by atoms with van der Waals surface area (Å²) in [4.78, 5) is 2.07. The summed E-state index contributed by atoms with van der Waals surface area (Å²) < 4.78 is 0. The molecule has 16 heavy (non-hydrogen) atoms. The van der Waals surface area contributed by atoms with Crippen molar-refractivity contribution in [3.05, 3.63) is 35.9 Å². The summed E-state index contributed by atoms with van der Waals surface area (Å²) in [6.07, 6.45) is -0.507. The third kappa shape index (κ3) is 3.30. The van der Waals surface area contributed by atoms with Crippen molar-refractivity contribution in [1.29, 1.82) is 0 Å². The Bertz CT molecular complexity index is 289. The van der Waals surface area contributed by atoms with Crippen LogP contribution in [0.15, 0.2) is 30.3 Å². The summed E-state index contributed by atoms with van der Waals surface area (Å²) in [5.41, 5.74) is 0.923. The highest BCUT2D eigenvalue weighted by Gasteiger charge is 2.21. The molecular formula is C13H21NO2. The van der Waals surface area contributed by atoms with E-state index in [4.69, 9.17) is 5.11 Å². The van der Waals surface area contributed by atoms with Crippen molar-refractivity contribution in [3.63, 3.8) is 0 Å². The average Bonchev–Trinajstić information content (AvgIpc) is 2.35. The van der Waals surface area contributed by atoms with Crippen LogP contribution in [0, 0.1) is 0 Å². The Morgan fingerprint density at radius 2 is 1.88 bits per heavy atom. The van der Waals surface area contributed by atoms with Crippen LogP contribution >= 0.6 is 0 Å². The minimum atomic E-state index is -0.507. The lowest BCUT2D eigenvalue weighted by Gasteiger charge is -2.31. The first-order valence-electron chi connectivity index (χ1n) is 5.78. The van der Waals surface area contributed by atoms with Crippen LogP contribution in [-0.2, 0) is 0 Å². The summed E-state index contributed by atoms with van der Waals surface area (Å²) in [5.74, 6) is 0. The molecule has 3 heteroatoms. The fourth-order valence-corrected chi connectivity index (χ4v) is 1.91. The van der Waals surface area contributed by atoms with E-state index in [2.05, 4.69) is 4.90 Å². The molecule has 0 radical (unpaired) electrons. The Kier molecular flexibility index (Phi) is 5.46. The zero-order valence-corrected chi connectivity index (χ0v) is 10.0. The van der Waals surface area contributed by atoms with E-state index < -0.39 is 6.10 Å². The molecule has 0 saturated carbocycles. The molecule has 3 nitrogen and oxygen atoms in total. The highest BCUT2D eigenvalue weighted by Crippen LogP contribution is 2.20. The van der Waals surface area contributed by atoms with Crippen molar-refractivity contribution in [1.82, 2.24) is 4.90 Å². The first-order chi connectivity index (χ1) is 7.70. The van der Waals surface area contributed by atoms with Gasteiger partial charge in [0.05, 0.1) is 12.7 Å². The van der Waals surface area contributed by atoms with E-state index in [0.29, 0.717) is 6.54 Å². The summed E-state index contributed by atoms with van der Waals surface area (Å²) in [7, 11) is 0. The normalized spacial score (nSPS) is 15.1. The standard InChI is InChI=1S/C13H21NO2/c1-3-14(9-10-15)11(2)13(16)12-7-5-4-6-8-12/h4-8,11,13,15-16H,3,9-10H2,1-2H3. The predicted molar refractivity (Wildman–Crippen MR) is 65.2 cm³/mol. The zero-order valence-electron chi connectivity index (χ0n) is 10.0. The van der Waals surface area contributed by atoms with Crippen LogP contribution in [0.2, 0.25) is 0 Å². The molecule has 0 aliphatic rings. The Balaban J connectivity index is 2.69. The fraction of sp³-hybridized carbons (Fsp3) is 0.538. The smallest absolute Gasteiger partial charge is 0.0942 e. The van der Waals surface area contributed by atoms with Gasteiger partial charge in [-0.05, 0) is 19.0 Å². The molecule has 2 unspecified atom stereocenters. The van der Waals surface area contributed by atoms with Crippen LogP contribution in [0.4, 0.5) is 0 Å². The molecule has 0 saturated heterocycles. The molecule has 1 rings (SSSR count). The van der Waals surface area contributed by atoms with Gasteiger partial charge in [0.15, 0.2) is 0 Å². The SMILES string of the molecule is CCN(CCO)C(C)C(O)c1ccccc1. The average molecular weight is 223 g/mol. The monoisotopic (exact) mass is 223 g/mol. The van der Waals surface area contributed by atoms with Gasteiger partial charge in [0.25, 0.3) is 0 Å². The molecule has 0 spiro atoms. The molecular weight excluding hydrogens is 202 g/mol. The van der Waals surface area contributed by atoms with E-state index in [1.165, 1.54) is 0 Å². The van der Waals surface area contributed by atoms with E-state index in [0.717, 1.165) is 12.1 Å². The van der Waals surface area contributed by atoms with Gasteiger partial charge in [-0.25, -0.2) is 0 Å². The molecule has 0 fully saturated rings. The van der Waals surface area contributed by atoms with Crippen molar-refractivity contribution >= 4 is 0 Å². The van der Waals surface area contributed by atoms with Crippen molar-refractivity contribution in [2.75, 3.05) is 19.7 Å². The van der Waals surface area contributed by atoms with Crippen LogP contribution in [0.25, 0.3) is 0 Å². The van der Waals surface area contributed by atoms with Gasteiger partial charge < -0.3 is 10.2 Å². The minimum absolute atomic E-state index is 0.0135. The van der Waals surface area contributed by atoms with Gasteiger partial charge in [0.1, 0.15) is 0 Å². The number of likely N-dealkylation sites (N-methyl/N-ethyl adjacent to an activating group) is 1. The number of hydrogen-bond donors (Lipinski definition) is 2. The number of aliphatic hydroxyl groups excluding tert-OH is 2. The van der Waals surface area contributed by atoms with Crippen LogP contribution in [0.3, 0.4) is 0 Å². The molecule has 0 aromatic heterocycles. The molecule has 2 N–H and O–H groups in total. The van der Waals surface area contributed by atoms with Gasteiger partial charge >= 0.3 is 0 Å². The summed E-state index contributed by atoms with van der Waals surface area (Å²) in [6.45, 7) is 5.56. The van der Waals surface area contributed by atoms with Crippen LogP contribution in [-0.4, -0.2) is 40.9 Å². The number of aliphatic hydroxyl groups is 2. The molecule has 1 aromatic rings. The highest BCUT2D eigenvalue weighted by molar-refractivity contribution is 5.18. The predicted octanol–water partition coefficient (Wildman–Crippen LogP) is 1.42. The van der Waals surface area contributed by atoms with Crippen molar-refractivity contribution < 1.29 is 10.2 Å². The van der Waals surface area contributed by atoms with Crippen molar-refractivity contribution in [2.45, 2.75) is 26.0 Å². The maximum absolute atomic E-state index is 10.2. The number of benzene rings is 1. The molecule has 1 aromatic carbocycles. The lowest BCUT2D eigenvalue weighted by molar-refractivity contribution is 0.0509. The quantitative estimate of drug-likeness (QED) is 0.766. The largest absolute Gasteiger partial charge is 0.395 e. The van der Waals surface area contributed by atoms with Gasteiger partial charge in [-0.3, -0.25) is 4.90 Å². The third-order valence-electron chi connectivity index (χ3n) is 2.97. The Morgan fingerprint density at radius 3 is 2.38 bits per heavy atom. The molecule has 2 atom stereocenters. The molecule has 0 aliphatic heterocycles. The number of rotatable bonds is 6. The van der Waals surface area contributed by atoms with Crippen molar-refractivity contribution in [3.8, 4) is 0 Å². The topological polar surface area (TPSA) is 43.7 Å². The molecule has 90 valence electrons. The third-order valence-corrected chi connectivity index (χ3v) is 2.97. The fourth-order valence-electron chi connectivity index (χ4n) is 1.91. The second-order valence-electron chi connectivity index (χ2n) is 3.95. The summed E-state index contributed by atoms with van der Waals surface area (Å²) >= 11 is 0. The summed E-state index contributed by atoms with van der Waals surface area (Å²) in [5, 5.41) is 19.1.